The fraction of sp³-hybridized carbons (Fsp3) is 0.455. The highest BCUT2D eigenvalue weighted by atomic mass is 13.9. The van der Waals surface area contributed by atoms with Gasteiger partial charge in [0.2, 0.25) is 0 Å². The Morgan fingerprint density at radius 1 is 0.545 bits per heavy atom. The molecule has 0 N–H and O–H groups in total. The van der Waals surface area contributed by atoms with E-state index in [1.165, 1.54) is 32.1 Å². The van der Waals surface area contributed by atoms with E-state index in [2.05, 4.69) is 36.5 Å². The van der Waals surface area contributed by atoms with E-state index < -0.39 is 0 Å². The van der Waals surface area contributed by atoms with Crippen molar-refractivity contribution in [3.8, 4) is 0 Å². The normalized spacial score (nSPS) is 19.6. The van der Waals surface area contributed by atoms with E-state index >= 15 is 0 Å². The fourth-order valence-electron chi connectivity index (χ4n) is 1.13. The van der Waals surface area contributed by atoms with Crippen molar-refractivity contribution in [2.24, 2.45) is 0 Å². The third-order valence-corrected chi connectivity index (χ3v) is 1.79. The largest absolute Gasteiger partial charge is 0.0885 e. The highest BCUT2D eigenvalue weighted by Crippen LogP contribution is 2.05. The second-order valence-corrected chi connectivity index (χ2v) is 2.84. The fourth-order valence-corrected chi connectivity index (χ4v) is 1.13. The summed E-state index contributed by atoms with van der Waals surface area (Å²) in [6.45, 7) is 0. The predicted molar refractivity (Wildman–Crippen MR) is 50.5 cm³/mol. The zero-order valence-corrected chi connectivity index (χ0v) is 7.00. The van der Waals surface area contributed by atoms with Crippen LogP contribution in [0.15, 0.2) is 36.5 Å². The summed E-state index contributed by atoms with van der Waals surface area (Å²) in [7, 11) is 0. The standard InChI is InChI=1S/C6H8.C5H8/c1-2-4-6-5-3-1;1-2-4-5-3-1/h1-4H,5-6H2;1-2H,3-5H2. The van der Waals surface area contributed by atoms with Crippen molar-refractivity contribution in [2.75, 3.05) is 0 Å². The second kappa shape index (κ2) is 5.96. The number of hydrogen-bond acceptors (Lipinski definition) is 0. The lowest BCUT2D eigenvalue weighted by atomic mass is 10.2. The van der Waals surface area contributed by atoms with Crippen LogP contribution in [-0.4, -0.2) is 0 Å². The zero-order chi connectivity index (χ0) is 7.78. The lowest BCUT2D eigenvalue weighted by Crippen LogP contribution is -1.67. The summed E-state index contributed by atoms with van der Waals surface area (Å²) in [6, 6.07) is 0. The Hall–Kier alpha value is -0.780. The Morgan fingerprint density at radius 2 is 1.09 bits per heavy atom. The number of hydrogen-bond donors (Lipinski definition) is 0. The minimum atomic E-state index is 1.23. The molecule has 0 saturated heterocycles. The van der Waals surface area contributed by atoms with Crippen LogP contribution in [0.2, 0.25) is 0 Å². The highest BCUT2D eigenvalue weighted by Gasteiger charge is 1.84. The quantitative estimate of drug-likeness (QED) is 0.460. The molecule has 0 heteroatoms. The summed E-state index contributed by atoms with van der Waals surface area (Å²) in [5, 5.41) is 0. The molecule has 0 heterocycles. The van der Waals surface area contributed by atoms with Gasteiger partial charge in [-0.05, 0) is 32.1 Å². The molecule has 11 heavy (non-hydrogen) atoms. The molecule has 0 nitrogen and oxygen atoms in total. The second-order valence-electron chi connectivity index (χ2n) is 2.84. The van der Waals surface area contributed by atoms with Gasteiger partial charge in [-0.3, -0.25) is 0 Å². The van der Waals surface area contributed by atoms with Gasteiger partial charge in [-0.2, -0.15) is 0 Å². The van der Waals surface area contributed by atoms with Crippen molar-refractivity contribution in [3.63, 3.8) is 0 Å². The van der Waals surface area contributed by atoms with Crippen LogP contribution in [0.1, 0.15) is 32.1 Å². The first kappa shape index (κ1) is 8.32. The molecule has 0 aromatic rings. The molecule has 60 valence electrons. The van der Waals surface area contributed by atoms with Crippen molar-refractivity contribution in [3.05, 3.63) is 36.5 Å². The Morgan fingerprint density at radius 3 is 1.27 bits per heavy atom. The van der Waals surface area contributed by atoms with Gasteiger partial charge in [0.1, 0.15) is 0 Å². The molecule has 0 saturated carbocycles. The van der Waals surface area contributed by atoms with Crippen LogP contribution < -0.4 is 0 Å². The Labute approximate surface area is 69.3 Å². The number of rotatable bonds is 0. The van der Waals surface area contributed by atoms with E-state index in [0.29, 0.717) is 0 Å². The van der Waals surface area contributed by atoms with E-state index in [0.717, 1.165) is 0 Å². The number of allylic oxidation sites excluding steroid dienone is 6. The SMILES string of the molecule is C1=CCCC1.C1=CCCC=C1. The molecule has 0 fully saturated rings. The third kappa shape index (κ3) is 4.60. The monoisotopic (exact) mass is 148 g/mol. The summed E-state index contributed by atoms with van der Waals surface area (Å²) in [4.78, 5) is 0. The van der Waals surface area contributed by atoms with Gasteiger partial charge in [-0.15, -0.1) is 0 Å². The maximum absolute atomic E-state index is 2.24. The van der Waals surface area contributed by atoms with Crippen LogP contribution in [0.3, 0.4) is 0 Å². The Bertz CT molecular complexity index is 143. The third-order valence-electron chi connectivity index (χ3n) is 1.79. The first-order chi connectivity index (χ1) is 5.50. The lowest BCUT2D eigenvalue weighted by Gasteiger charge is -1.88. The van der Waals surface area contributed by atoms with E-state index in [-0.39, 0.29) is 0 Å². The van der Waals surface area contributed by atoms with E-state index in [1.807, 2.05) is 0 Å². The molecular weight excluding hydrogens is 132 g/mol. The van der Waals surface area contributed by atoms with Gasteiger partial charge >= 0.3 is 0 Å². The molecule has 0 atom stereocenters. The van der Waals surface area contributed by atoms with Crippen molar-refractivity contribution >= 4 is 0 Å². The minimum Gasteiger partial charge on any atom is -0.0885 e. The van der Waals surface area contributed by atoms with Gasteiger partial charge in [0.25, 0.3) is 0 Å². The smallest absolute Gasteiger partial charge is 0.0313 e. The van der Waals surface area contributed by atoms with Crippen molar-refractivity contribution in [1.82, 2.24) is 0 Å². The Balaban J connectivity index is 0.000000112. The van der Waals surface area contributed by atoms with Gasteiger partial charge in [0.15, 0.2) is 0 Å². The zero-order valence-electron chi connectivity index (χ0n) is 7.00. The molecular formula is C11H16. The average Bonchev–Trinajstić information content (AvgIpc) is 2.64. The lowest BCUT2D eigenvalue weighted by molar-refractivity contribution is 0.929. The maximum atomic E-state index is 2.24. The summed E-state index contributed by atoms with van der Waals surface area (Å²) in [5.41, 5.74) is 0. The molecule has 0 aromatic heterocycles. The summed E-state index contributed by atoms with van der Waals surface area (Å²) >= 11 is 0. The molecule has 0 radical (unpaired) electrons. The molecule has 0 aliphatic heterocycles. The van der Waals surface area contributed by atoms with Crippen LogP contribution in [0.25, 0.3) is 0 Å². The highest BCUT2D eigenvalue weighted by molar-refractivity contribution is 5.07. The Kier molecular flexibility index (Phi) is 4.51. The first-order valence-electron chi connectivity index (χ1n) is 4.47. The predicted octanol–water partition coefficient (Wildman–Crippen LogP) is 3.62. The molecule has 0 spiro atoms. The van der Waals surface area contributed by atoms with Crippen LogP contribution in [0, 0.1) is 0 Å². The van der Waals surface area contributed by atoms with Crippen LogP contribution in [0.4, 0.5) is 0 Å². The molecule has 2 aliphatic carbocycles. The molecule has 0 aromatic carbocycles. The van der Waals surface area contributed by atoms with Gasteiger partial charge in [0, 0.05) is 0 Å². The molecule has 2 aliphatic rings. The molecule has 0 bridgehead atoms. The topological polar surface area (TPSA) is 0 Å². The van der Waals surface area contributed by atoms with Gasteiger partial charge in [-0.25, -0.2) is 0 Å². The average molecular weight is 148 g/mol. The van der Waals surface area contributed by atoms with Gasteiger partial charge in [0.05, 0.1) is 0 Å². The van der Waals surface area contributed by atoms with Gasteiger partial charge < -0.3 is 0 Å². The summed E-state index contributed by atoms with van der Waals surface area (Å²) in [5.74, 6) is 0. The minimum absolute atomic E-state index is 1.23. The van der Waals surface area contributed by atoms with E-state index in [1.54, 1.807) is 0 Å². The van der Waals surface area contributed by atoms with Crippen molar-refractivity contribution < 1.29 is 0 Å². The first-order valence-corrected chi connectivity index (χ1v) is 4.47. The van der Waals surface area contributed by atoms with Crippen molar-refractivity contribution in [1.29, 1.82) is 0 Å². The molecule has 0 amide bonds. The van der Waals surface area contributed by atoms with Crippen LogP contribution in [0.5, 0.6) is 0 Å². The summed E-state index contributed by atoms with van der Waals surface area (Å²) < 4.78 is 0. The summed E-state index contributed by atoms with van der Waals surface area (Å²) in [6.07, 6.45) is 19.5. The van der Waals surface area contributed by atoms with Gasteiger partial charge in [-0.1, -0.05) is 36.5 Å². The maximum Gasteiger partial charge on any atom is -0.0313 e. The van der Waals surface area contributed by atoms with Crippen LogP contribution in [-0.2, 0) is 0 Å². The van der Waals surface area contributed by atoms with Crippen molar-refractivity contribution in [2.45, 2.75) is 32.1 Å². The van der Waals surface area contributed by atoms with E-state index in [4.69, 9.17) is 0 Å². The van der Waals surface area contributed by atoms with E-state index in [9.17, 15) is 0 Å². The molecule has 2 rings (SSSR count). The molecule has 0 unspecified atom stereocenters. The van der Waals surface area contributed by atoms with Crippen LogP contribution >= 0.6 is 0 Å².